The average Bonchev–Trinajstić information content (AvgIpc) is 3.52. The second-order valence-electron chi connectivity index (χ2n) is 7.86. The molecule has 0 aliphatic rings. The summed E-state index contributed by atoms with van der Waals surface area (Å²) in [6, 6.07) is 12.2. The fraction of sp³-hybridized carbons (Fsp3) is 0.391. The molecule has 0 saturated carbocycles. The highest BCUT2D eigenvalue weighted by molar-refractivity contribution is 5.78. The van der Waals surface area contributed by atoms with E-state index in [2.05, 4.69) is 63.7 Å². The van der Waals surface area contributed by atoms with Gasteiger partial charge >= 0.3 is 0 Å². The van der Waals surface area contributed by atoms with Gasteiger partial charge in [0.05, 0.1) is 5.69 Å². The highest BCUT2D eigenvalue weighted by Crippen LogP contribution is 2.32. The summed E-state index contributed by atoms with van der Waals surface area (Å²) >= 11 is 0. The van der Waals surface area contributed by atoms with Gasteiger partial charge in [-0.25, -0.2) is 10.1 Å². The van der Waals surface area contributed by atoms with Gasteiger partial charge in [-0.2, -0.15) is 5.10 Å². The third kappa shape index (κ3) is 4.52. The van der Waals surface area contributed by atoms with Gasteiger partial charge < -0.3 is 0 Å². The third-order valence-electron chi connectivity index (χ3n) is 5.74. The summed E-state index contributed by atoms with van der Waals surface area (Å²) in [5, 5.41) is 21.9. The number of unbranched alkanes of at least 4 members (excludes halogenated alkanes) is 1. The summed E-state index contributed by atoms with van der Waals surface area (Å²) in [5.74, 6) is 2.94. The van der Waals surface area contributed by atoms with Crippen LogP contribution < -0.4 is 0 Å². The molecule has 3 aromatic heterocycles. The summed E-state index contributed by atoms with van der Waals surface area (Å²) < 4.78 is 0. The maximum atomic E-state index is 4.82. The monoisotopic (exact) mass is 416 g/mol. The van der Waals surface area contributed by atoms with Crippen LogP contribution in [-0.4, -0.2) is 40.8 Å². The van der Waals surface area contributed by atoms with Crippen molar-refractivity contribution >= 4 is 0 Å². The van der Waals surface area contributed by atoms with Crippen LogP contribution in [0.25, 0.3) is 22.6 Å². The molecule has 2 N–H and O–H groups in total. The Labute approximate surface area is 181 Å². The molecule has 0 saturated heterocycles. The SMILES string of the molecule is CCCCC(c1ccc(-c2ccccc2-c2nnn[nH]2)nc1)c1nc(C(C)CC)n[nH]1. The first-order valence-corrected chi connectivity index (χ1v) is 10.9. The number of benzene rings is 1. The van der Waals surface area contributed by atoms with Crippen LogP contribution in [0.15, 0.2) is 42.6 Å². The van der Waals surface area contributed by atoms with Gasteiger partial charge in [0.1, 0.15) is 5.82 Å². The lowest BCUT2D eigenvalue weighted by Gasteiger charge is -2.15. The lowest BCUT2D eigenvalue weighted by atomic mass is 9.93. The number of hydrogen-bond acceptors (Lipinski definition) is 6. The minimum absolute atomic E-state index is 0.153. The van der Waals surface area contributed by atoms with Crippen LogP contribution in [-0.2, 0) is 0 Å². The first-order valence-electron chi connectivity index (χ1n) is 10.9. The van der Waals surface area contributed by atoms with Crippen molar-refractivity contribution in [3.63, 3.8) is 0 Å². The van der Waals surface area contributed by atoms with E-state index in [4.69, 9.17) is 9.97 Å². The van der Waals surface area contributed by atoms with Crippen molar-refractivity contribution in [3.05, 3.63) is 59.8 Å². The van der Waals surface area contributed by atoms with Gasteiger partial charge in [-0.15, -0.1) is 5.10 Å². The molecular weight excluding hydrogens is 388 g/mol. The van der Waals surface area contributed by atoms with E-state index >= 15 is 0 Å². The summed E-state index contributed by atoms with van der Waals surface area (Å²) in [6.07, 6.45) is 6.23. The van der Waals surface area contributed by atoms with E-state index in [0.29, 0.717) is 11.7 Å². The zero-order chi connectivity index (χ0) is 21.6. The summed E-state index contributed by atoms with van der Waals surface area (Å²) in [4.78, 5) is 9.61. The van der Waals surface area contributed by atoms with Crippen LogP contribution in [0.1, 0.15) is 75.5 Å². The Morgan fingerprint density at radius 1 is 1.00 bits per heavy atom. The number of tetrazole rings is 1. The Balaban J connectivity index is 1.65. The number of nitrogens with zero attached hydrogens (tertiary/aromatic N) is 6. The zero-order valence-corrected chi connectivity index (χ0v) is 18.2. The Hall–Kier alpha value is -3.42. The topological polar surface area (TPSA) is 109 Å². The predicted octanol–water partition coefficient (Wildman–Crippen LogP) is 4.88. The minimum atomic E-state index is 0.153. The second kappa shape index (κ2) is 9.59. The number of rotatable bonds is 9. The summed E-state index contributed by atoms with van der Waals surface area (Å²) in [7, 11) is 0. The molecule has 3 heterocycles. The molecule has 0 fully saturated rings. The van der Waals surface area contributed by atoms with Gasteiger partial charge in [-0.05, 0) is 34.9 Å². The molecule has 2 unspecified atom stereocenters. The van der Waals surface area contributed by atoms with E-state index in [1.807, 2.05) is 30.5 Å². The fourth-order valence-electron chi connectivity index (χ4n) is 3.67. The molecule has 2 atom stereocenters. The molecule has 8 heteroatoms. The van der Waals surface area contributed by atoms with Gasteiger partial charge in [0.2, 0.25) is 0 Å². The van der Waals surface area contributed by atoms with E-state index < -0.39 is 0 Å². The molecule has 0 aliphatic heterocycles. The van der Waals surface area contributed by atoms with Gasteiger partial charge in [0.25, 0.3) is 0 Å². The van der Waals surface area contributed by atoms with E-state index in [9.17, 15) is 0 Å². The highest BCUT2D eigenvalue weighted by atomic mass is 15.5. The van der Waals surface area contributed by atoms with Crippen molar-refractivity contribution in [2.75, 3.05) is 0 Å². The third-order valence-corrected chi connectivity index (χ3v) is 5.74. The van der Waals surface area contributed by atoms with Gasteiger partial charge in [0, 0.05) is 29.2 Å². The number of nitrogens with one attached hydrogen (secondary N) is 2. The van der Waals surface area contributed by atoms with Crippen LogP contribution in [0.2, 0.25) is 0 Å². The molecule has 8 nitrogen and oxygen atoms in total. The number of H-pyrrole nitrogens is 2. The molecule has 1 aromatic carbocycles. The molecule has 0 aliphatic carbocycles. The molecule has 0 amide bonds. The van der Waals surface area contributed by atoms with Crippen LogP contribution in [0, 0.1) is 0 Å². The van der Waals surface area contributed by atoms with Crippen molar-refractivity contribution in [1.82, 2.24) is 40.8 Å². The minimum Gasteiger partial charge on any atom is -0.263 e. The van der Waals surface area contributed by atoms with E-state index in [1.54, 1.807) is 0 Å². The lowest BCUT2D eigenvalue weighted by molar-refractivity contribution is 0.621. The average molecular weight is 417 g/mol. The number of pyridine rings is 1. The Kier molecular flexibility index (Phi) is 6.45. The van der Waals surface area contributed by atoms with Crippen molar-refractivity contribution in [2.24, 2.45) is 0 Å². The van der Waals surface area contributed by atoms with Crippen molar-refractivity contribution < 1.29 is 0 Å². The van der Waals surface area contributed by atoms with Crippen molar-refractivity contribution in [3.8, 4) is 22.6 Å². The molecule has 4 aromatic rings. The van der Waals surface area contributed by atoms with Gasteiger partial charge in [-0.1, -0.05) is 63.9 Å². The second-order valence-corrected chi connectivity index (χ2v) is 7.86. The zero-order valence-electron chi connectivity index (χ0n) is 18.2. The standard InChI is InChI=1S/C23H28N8/c1-4-6-9-17(22-25-21(26-27-22)15(3)5-2)16-12-13-20(24-14-16)18-10-7-8-11-19(18)23-28-30-31-29-23/h7-8,10-15,17H,4-6,9H2,1-3H3,(H,25,26,27)(H,28,29,30,31). The number of hydrogen-bond donors (Lipinski definition) is 2. The Morgan fingerprint density at radius 3 is 2.52 bits per heavy atom. The Morgan fingerprint density at radius 2 is 1.84 bits per heavy atom. The molecule has 0 spiro atoms. The van der Waals surface area contributed by atoms with Crippen LogP contribution in [0.5, 0.6) is 0 Å². The molecular formula is C23H28N8. The largest absolute Gasteiger partial charge is 0.263 e. The maximum absolute atomic E-state index is 4.82. The van der Waals surface area contributed by atoms with Crippen LogP contribution >= 0.6 is 0 Å². The normalized spacial score (nSPS) is 13.3. The van der Waals surface area contributed by atoms with Gasteiger partial charge in [0.15, 0.2) is 11.6 Å². The maximum Gasteiger partial charge on any atom is 0.180 e. The lowest BCUT2D eigenvalue weighted by Crippen LogP contribution is -2.05. The molecule has 0 bridgehead atoms. The molecule has 0 radical (unpaired) electrons. The first-order chi connectivity index (χ1) is 15.2. The van der Waals surface area contributed by atoms with Gasteiger partial charge in [-0.3, -0.25) is 10.1 Å². The van der Waals surface area contributed by atoms with Crippen molar-refractivity contribution in [2.45, 2.75) is 58.3 Å². The highest BCUT2D eigenvalue weighted by Gasteiger charge is 2.20. The van der Waals surface area contributed by atoms with E-state index in [0.717, 1.165) is 59.7 Å². The predicted molar refractivity (Wildman–Crippen MR) is 119 cm³/mol. The quantitative estimate of drug-likeness (QED) is 0.402. The van der Waals surface area contributed by atoms with Crippen molar-refractivity contribution in [1.29, 1.82) is 0 Å². The van der Waals surface area contributed by atoms with E-state index in [1.165, 1.54) is 0 Å². The first kappa shape index (κ1) is 20.8. The number of aromatic nitrogens is 8. The van der Waals surface area contributed by atoms with Crippen LogP contribution in [0.3, 0.4) is 0 Å². The molecule has 31 heavy (non-hydrogen) atoms. The summed E-state index contributed by atoms with van der Waals surface area (Å²) in [6.45, 7) is 6.52. The smallest absolute Gasteiger partial charge is 0.180 e. The number of aromatic amines is 2. The summed E-state index contributed by atoms with van der Waals surface area (Å²) in [5.41, 5.74) is 3.92. The molecule has 160 valence electrons. The van der Waals surface area contributed by atoms with E-state index in [-0.39, 0.29) is 5.92 Å². The van der Waals surface area contributed by atoms with Crippen LogP contribution in [0.4, 0.5) is 0 Å². The fourth-order valence-corrected chi connectivity index (χ4v) is 3.67. The Bertz CT molecular complexity index is 1080. The molecule has 4 rings (SSSR count).